The summed E-state index contributed by atoms with van der Waals surface area (Å²) in [5.41, 5.74) is 16.0. The monoisotopic (exact) mass is 869 g/mol. The second kappa shape index (κ2) is 17.7. The average Bonchev–Trinajstić information content (AvgIpc) is 3.77. The van der Waals surface area contributed by atoms with Crippen LogP contribution in [0.5, 0.6) is 0 Å². The number of aromatic nitrogens is 4. The second-order valence-electron chi connectivity index (χ2n) is 16.8. The van der Waals surface area contributed by atoms with Crippen LogP contribution in [-0.4, -0.2) is 19.5 Å². The van der Waals surface area contributed by atoms with Gasteiger partial charge >= 0.3 is 0 Å². The van der Waals surface area contributed by atoms with Crippen molar-refractivity contribution >= 4 is 38.9 Å². The van der Waals surface area contributed by atoms with Crippen molar-refractivity contribution in [1.29, 1.82) is 0 Å². The summed E-state index contributed by atoms with van der Waals surface area (Å²) in [6.07, 6.45) is 0. The predicted octanol–water partition coefficient (Wildman–Crippen LogP) is 16.4. The first-order valence-corrected chi connectivity index (χ1v) is 22.9. The van der Waals surface area contributed by atoms with E-state index in [1.54, 1.807) is 0 Å². The zero-order chi connectivity index (χ0) is 45.2. The van der Waals surface area contributed by atoms with Crippen LogP contribution >= 0.6 is 0 Å². The van der Waals surface area contributed by atoms with Crippen LogP contribution in [0, 0.1) is 0 Å². The maximum atomic E-state index is 5.40. The van der Waals surface area contributed by atoms with Crippen molar-refractivity contribution in [3.8, 4) is 73.2 Å². The molecule has 320 valence electrons. The van der Waals surface area contributed by atoms with E-state index in [0.717, 1.165) is 94.5 Å². The molecule has 0 aliphatic heterocycles. The van der Waals surface area contributed by atoms with E-state index in [2.05, 4.69) is 258 Å². The molecule has 0 atom stereocenters. The Bertz CT molecular complexity index is 3720. The number of benzene rings is 10. The van der Waals surface area contributed by atoms with Gasteiger partial charge in [0, 0.05) is 38.8 Å². The molecule has 0 aliphatic carbocycles. The van der Waals surface area contributed by atoms with Crippen LogP contribution in [0.1, 0.15) is 0 Å². The van der Waals surface area contributed by atoms with E-state index in [9.17, 15) is 0 Å². The van der Waals surface area contributed by atoms with Gasteiger partial charge in [0.1, 0.15) is 0 Å². The summed E-state index contributed by atoms with van der Waals surface area (Å²) in [6, 6.07) is 91.7. The van der Waals surface area contributed by atoms with Crippen LogP contribution in [0.25, 0.3) is 95.0 Å². The van der Waals surface area contributed by atoms with E-state index in [1.165, 1.54) is 0 Å². The minimum atomic E-state index is 0.546. The lowest BCUT2D eigenvalue weighted by atomic mass is 9.98. The number of rotatable bonds is 10. The normalized spacial score (nSPS) is 11.2. The van der Waals surface area contributed by atoms with Gasteiger partial charge in [0.15, 0.2) is 11.6 Å². The molecule has 0 spiro atoms. The molecule has 68 heavy (non-hydrogen) atoms. The third-order valence-electron chi connectivity index (χ3n) is 12.7. The first-order valence-electron chi connectivity index (χ1n) is 22.9. The molecule has 2 aromatic heterocycles. The van der Waals surface area contributed by atoms with E-state index in [-0.39, 0.29) is 0 Å². The fourth-order valence-corrected chi connectivity index (χ4v) is 9.53. The Labute approximate surface area is 395 Å². The molecule has 0 saturated heterocycles. The minimum absolute atomic E-state index is 0.546. The van der Waals surface area contributed by atoms with E-state index in [4.69, 9.17) is 15.0 Å². The van der Waals surface area contributed by atoms with Gasteiger partial charge < -0.3 is 4.90 Å². The maximum Gasteiger partial charge on any atom is 0.238 e. The quantitative estimate of drug-likeness (QED) is 0.137. The van der Waals surface area contributed by atoms with Crippen LogP contribution in [0.4, 0.5) is 17.1 Å². The molecule has 10 aromatic carbocycles. The molecule has 0 fully saturated rings. The van der Waals surface area contributed by atoms with Crippen LogP contribution in [0.3, 0.4) is 0 Å². The van der Waals surface area contributed by atoms with Crippen molar-refractivity contribution in [3.05, 3.63) is 261 Å². The van der Waals surface area contributed by atoms with Gasteiger partial charge in [0.05, 0.1) is 16.7 Å². The highest BCUT2D eigenvalue weighted by atomic mass is 15.2. The molecule has 12 aromatic rings. The van der Waals surface area contributed by atoms with E-state index in [1.807, 2.05) is 12.1 Å². The SMILES string of the molecule is c1ccc(-c2ccc(-c3nc(-c4ccccc4-c4ccccc4)nc(-n4c5ccccc5c5c(-c6cccc(N(c7ccccc7)c7ccccc7-c7ccccc7)c6)cccc54)n3)cc2)cc1. The molecule has 0 radical (unpaired) electrons. The van der Waals surface area contributed by atoms with E-state index < -0.39 is 0 Å². The summed E-state index contributed by atoms with van der Waals surface area (Å²) in [5.74, 6) is 1.74. The summed E-state index contributed by atoms with van der Waals surface area (Å²) < 4.78 is 2.21. The van der Waals surface area contributed by atoms with Crippen molar-refractivity contribution in [1.82, 2.24) is 19.5 Å². The van der Waals surface area contributed by atoms with Gasteiger partial charge in [-0.25, -0.2) is 4.98 Å². The molecule has 0 bridgehead atoms. The molecular weight excluding hydrogens is 827 g/mol. The number of fused-ring (bicyclic) bond motifs is 3. The Morgan fingerprint density at radius 2 is 0.779 bits per heavy atom. The number of anilines is 3. The van der Waals surface area contributed by atoms with Crippen molar-refractivity contribution < 1.29 is 0 Å². The summed E-state index contributed by atoms with van der Waals surface area (Å²) >= 11 is 0. The lowest BCUT2D eigenvalue weighted by molar-refractivity contribution is 0.954. The third-order valence-corrected chi connectivity index (χ3v) is 12.7. The zero-order valence-electron chi connectivity index (χ0n) is 37.1. The maximum absolute atomic E-state index is 5.40. The first kappa shape index (κ1) is 40.3. The first-order chi connectivity index (χ1) is 33.7. The standard InChI is InChI=1S/C63H43N5/c1-5-21-44(22-6-1)45-39-41-48(42-40-45)61-64-62(55-33-14-13-31-52(55)46-23-7-2-8-24-46)66-63(65-61)68-58-37-18-16-34-56(58)60-54(35-20-38-59(60)68)49-27-19-30-51(43-49)67(50-28-11-4-12-29-50)57-36-17-15-32-53(57)47-25-9-3-10-26-47/h1-43H. The van der Waals surface area contributed by atoms with Gasteiger partial charge in [-0.15, -0.1) is 0 Å². The highest BCUT2D eigenvalue weighted by Gasteiger charge is 2.23. The van der Waals surface area contributed by atoms with Crippen LogP contribution in [0.15, 0.2) is 261 Å². The highest BCUT2D eigenvalue weighted by molar-refractivity contribution is 6.15. The molecule has 12 rings (SSSR count). The van der Waals surface area contributed by atoms with Crippen LogP contribution < -0.4 is 4.90 Å². The molecule has 0 amide bonds. The van der Waals surface area contributed by atoms with Gasteiger partial charge in [-0.05, 0) is 81.4 Å². The van der Waals surface area contributed by atoms with Gasteiger partial charge in [-0.1, -0.05) is 218 Å². The lowest BCUT2D eigenvalue weighted by Crippen LogP contribution is -2.11. The Balaban J connectivity index is 1.05. The topological polar surface area (TPSA) is 46.8 Å². The number of nitrogens with zero attached hydrogens (tertiary/aromatic N) is 5. The Morgan fingerprint density at radius 3 is 1.51 bits per heavy atom. The zero-order valence-corrected chi connectivity index (χ0v) is 37.1. The summed E-state index contributed by atoms with van der Waals surface area (Å²) in [5, 5.41) is 2.23. The van der Waals surface area contributed by atoms with Crippen molar-refractivity contribution in [2.24, 2.45) is 0 Å². The van der Waals surface area contributed by atoms with Gasteiger partial charge in [0.2, 0.25) is 5.95 Å². The largest absolute Gasteiger partial charge is 0.310 e. The summed E-state index contributed by atoms with van der Waals surface area (Å²) in [4.78, 5) is 18.4. The van der Waals surface area contributed by atoms with E-state index >= 15 is 0 Å². The Morgan fingerprint density at radius 1 is 0.294 bits per heavy atom. The minimum Gasteiger partial charge on any atom is -0.310 e. The molecule has 0 saturated carbocycles. The predicted molar refractivity (Wildman–Crippen MR) is 281 cm³/mol. The molecule has 2 heterocycles. The molecule has 5 nitrogen and oxygen atoms in total. The number of hydrogen-bond acceptors (Lipinski definition) is 4. The average molecular weight is 870 g/mol. The fraction of sp³-hybridized carbons (Fsp3) is 0. The number of para-hydroxylation sites is 3. The van der Waals surface area contributed by atoms with Crippen molar-refractivity contribution in [2.75, 3.05) is 4.90 Å². The summed E-state index contributed by atoms with van der Waals surface area (Å²) in [6.45, 7) is 0. The smallest absolute Gasteiger partial charge is 0.238 e. The lowest BCUT2D eigenvalue weighted by Gasteiger charge is -2.28. The van der Waals surface area contributed by atoms with Crippen molar-refractivity contribution in [2.45, 2.75) is 0 Å². The van der Waals surface area contributed by atoms with E-state index in [0.29, 0.717) is 17.6 Å². The van der Waals surface area contributed by atoms with Gasteiger partial charge in [-0.3, -0.25) is 4.57 Å². The molecule has 0 N–H and O–H groups in total. The Kier molecular flexibility index (Phi) is 10.5. The second-order valence-corrected chi connectivity index (χ2v) is 16.8. The molecule has 5 heteroatoms. The van der Waals surface area contributed by atoms with Gasteiger partial charge in [-0.2, -0.15) is 9.97 Å². The van der Waals surface area contributed by atoms with Crippen LogP contribution in [0.2, 0.25) is 0 Å². The molecule has 0 unspecified atom stereocenters. The third kappa shape index (κ3) is 7.48. The highest BCUT2D eigenvalue weighted by Crippen LogP contribution is 2.44. The van der Waals surface area contributed by atoms with Crippen molar-refractivity contribution in [3.63, 3.8) is 0 Å². The van der Waals surface area contributed by atoms with Gasteiger partial charge in [0.25, 0.3) is 0 Å². The number of hydrogen-bond donors (Lipinski definition) is 0. The molecular formula is C63H43N5. The van der Waals surface area contributed by atoms with Crippen LogP contribution in [-0.2, 0) is 0 Å². The fourth-order valence-electron chi connectivity index (χ4n) is 9.53. The Hall–Kier alpha value is -9.19. The molecule has 0 aliphatic rings. The summed E-state index contributed by atoms with van der Waals surface area (Å²) in [7, 11) is 0.